The van der Waals surface area contributed by atoms with Crippen molar-refractivity contribution >= 4 is 32.3 Å². The summed E-state index contributed by atoms with van der Waals surface area (Å²) in [6, 6.07) is 15.1. The number of nitrogens with zero attached hydrogens (tertiary/aromatic N) is 2. The lowest BCUT2D eigenvalue weighted by Crippen LogP contribution is -2.24. The maximum atomic E-state index is 11.3. The van der Waals surface area contributed by atoms with Gasteiger partial charge in [0.05, 0.1) is 10.6 Å². The minimum absolute atomic E-state index is 0.0739. The molecule has 0 fully saturated rings. The SMILES string of the molecule is CCC(C)NCc1ccc(N=Nc2c(O)ccc3cc(S(=O)(=O)O)ccc23)cc1. The first kappa shape index (κ1) is 20.9. The number of hydrogen-bond acceptors (Lipinski definition) is 6. The molecular weight excluding hydrogens is 390 g/mol. The molecule has 1 atom stereocenters. The van der Waals surface area contributed by atoms with E-state index in [1.54, 1.807) is 6.07 Å². The Morgan fingerprint density at radius 3 is 2.41 bits per heavy atom. The standard InChI is InChI=1S/C21H23N3O4S/c1-3-14(2)22-13-15-4-7-17(8-5-15)23-24-21-19-10-9-18(29(26,27)28)12-16(19)6-11-20(21)25/h4-12,14,22,25H,3,13H2,1-2H3,(H,26,27,28). The maximum Gasteiger partial charge on any atom is 0.294 e. The van der Waals surface area contributed by atoms with Crippen molar-refractivity contribution < 1.29 is 18.1 Å². The molecule has 29 heavy (non-hydrogen) atoms. The summed E-state index contributed by atoms with van der Waals surface area (Å²) >= 11 is 0. The molecule has 0 amide bonds. The van der Waals surface area contributed by atoms with Crippen LogP contribution >= 0.6 is 0 Å². The van der Waals surface area contributed by atoms with E-state index < -0.39 is 10.1 Å². The van der Waals surface area contributed by atoms with Gasteiger partial charge in [0.15, 0.2) is 0 Å². The highest BCUT2D eigenvalue weighted by Crippen LogP contribution is 2.37. The highest BCUT2D eigenvalue weighted by molar-refractivity contribution is 7.85. The molecule has 0 saturated heterocycles. The van der Waals surface area contributed by atoms with Crippen LogP contribution < -0.4 is 5.32 Å². The summed E-state index contributed by atoms with van der Waals surface area (Å²) in [5, 5.41) is 23.0. The number of phenols is 1. The molecule has 0 heterocycles. The van der Waals surface area contributed by atoms with Gasteiger partial charge < -0.3 is 10.4 Å². The van der Waals surface area contributed by atoms with Gasteiger partial charge in [-0.3, -0.25) is 4.55 Å². The molecular formula is C21H23N3O4S. The highest BCUT2D eigenvalue weighted by Gasteiger charge is 2.13. The van der Waals surface area contributed by atoms with Gasteiger partial charge in [-0.1, -0.05) is 31.2 Å². The van der Waals surface area contributed by atoms with Gasteiger partial charge in [0, 0.05) is 18.0 Å². The van der Waals surface area contributed by atoms with Crippen LogP contribution in [0.25, 0.3) is 10.8 Å². The number of fused-ring (bicyclic) bond motifs is 1. The third-order valence-electron chi connectivity index (χ3n) is 4.71. The molecule has 7 nitrogen and oxygen atoms in total. The van der Waals surface area contributed by atoms with Crippen molar-refractivity contribution in [2.24, 2.45) is 10.2 Å². The van der Waals surface area contributed by atoms with E-state index in [0.717, 1.165) is 18.5 Å². The van der Waals surface area contributed by atoms with Crippen molar-refractivity contribution in [3.63, 3.8) is 0 Å². The summed E-state index contributed by atoms with van der Waals surface area (Å²) in [4.78, 5) is -0.222. The molecule has 0 spiro atoms. The van der Waals surface area contributed by atoms with Gasteiger partial charge in [-0.05, 0) is 54.6 Å². The number of azo groups is 1. The summed E-state index contributed by atoms with van der Waals surface area (Å²) in [6.07, 6.45) is 1.06. The third kappa shape index (κ3) is 5.17. The summed E-state index contributed by atoms with van der Waals surface area (Å²) in [5.74, 6) is -0.0739. The Morgan fingerprint density at radius 1 is 1.03 bits per heavy atom. The number of aromatic hydroxyl groups is 1. The maximum absolute atomic E-state index is 11.3. The van der Waals surface area contributed by atoms with Crippen LogP contribution in [0.2, 0.25) is 0 Å². The molecule has 0 aliphatic heterocycles. The predicted molar refractivity (Wildman–Crippen MR) is 113 cm³/mol. The summed E-state index contributed by atoms with van der Waals surface area (Å²) in [7, 11) is -4.31. The lowest BCUT2D eigenvalue weighted by Gasteiger charge is -2.10. The van der Waals surface area contributed by atoms with E-state index in [-0.39, 0.29) is 16.3 Å². The Bertz CT molecular complexity index is 1140. The number of hydrogen-bond donors (Lipinski definition) is 3. The van der Waals surface area contributed by atoms with Crippen molar-refractivity contribution in [2.45, 2.75) is 37.8 Å². The van der Waals surface area contributed by atoms with Gasteiger partial charge in [-0.15, -0.1) is 5.11 Å². The van der Waals surface area contributed by atoms with Crippen molar-refractivity contribution in [1.29, 1.82) is 0 Å². The van der Waals surface area contributed by atoms with Crippen LogP contribution in [0.3, 0.4) is 0 Å². The van der Waals surface area contributed by atoms with E-state index >= 15 is 0 Å². The second-order valence-corrected chi connectivity index (χ2v) is 8.27. The molecule has 0 radical (unpaired) electrons. The Balaban J connectivity index is 1.85. The van der Waals surface area contributed by atoms with Crippen LogP contribution in [0, 0.1) is 0 Å². The Kier molecular flexibility index (Phi) is 6.26. The topological polar surface area (TPSA) is 111 Å². The molecule has 1 unspecified atom stereocenters. The van der Waals surface area contributed by atoms with Gasteiger partial charge in [-0.2, -0.15) is 13.5 Å². The van der Waals surface area contributed by atoms with Crippen molar-refractivity contribution in [1.82, 2.24) is 5.32 Å². The average Bonchev–Trinajstić information content (AvgIpc) is 2.71. The molecule has 8 heteroatoms. The van der Waals surface area contributed by atoms with E-state index in [1.165, 1.54) is 24.3 Å². The number of benzene rings is 3. The molecule has 152 valence electrons. The van der Waals surface area contributed by atoms with Crippen LogP contribution in [-0.2, 0) is 16.7 Å². The van der Waals surface area contributed by atoms with Gasteiger partial charge >= 0.3 is 0 Å². The number of nitrogens with one attached hydrogen (secondary N) is 1. The molecule has 0 aromatic heterocycles. The van der Waals surface area contributed by atoms with Gasteiger partial charge in [-0.25, -0.2) is 0 Å². The highest BCUT2D eigenvalue weighted by atomic mass is 32.2. The molecule has 0 saturated carbocycles. The molecule has 0 aliphatic carbocycles. The Hall–Kier alpha value is -2.81. The van der Waals surface area contributed by atoms with Gasteiger partial charge in [0.25, 0.3) is 10.1 Å². The second kappa shape index (κ2) is 8.69. The average molecular weight is 413 g/mol. The number of rotatable bonds is 7. The van der Waals surface area contributed by atoms with Gasteiger partial charge in [0.2, 0.25) is 0 Å². The number of phenolic OH excluding ortho intramolecular Hbond substituents is 1. The van der Waals surface area contributed by atoms with Crippen LogP contribution in [0.1, 0.15) is 25.8 Å². The summed E-state index contributed by atoms with van der Waals surface area (Å²) < 4.78 is 31.9. The van der Waals surface area contributed by atoms with Crippen LogP contribution in [-0.4, -0.2) is 24.1 Å². The fraction of sp³-hybridized carbons (Fsp3) is 0.238. The minimum atomic E-state index is -4.31. The fourth-order valence-corrected chi connectivity index (χ4v) is 3.29. The molecule has 3 aromatic carbocycles. The monoisotopic (exact) mass is 413 g/mol. The zero-order valence-electron chi connectivity index (χ0n) is 16.2. The molecule has 0 aliphatic rings. The van der Waals surface area contributed by atoms with Crippen LogP contribution in [0.5, 0.6) is 5.75 Å². The van der Waals surface area contributed by atoms with Crippen molar-refractivity contribution in [2.75, 3.05) is 0 Å². The normalized spacial score (nSPS) is 13.2. The third-order valence-corrected chi connectivity index (χ3v) is 5.56. The van der Waals surface area contributed by atoms with Crippen LogP contribution in [0.15, 0.2) is 69.7 Å². The van der Waals surface area contributed by atoms with E-state index in [2.05, 4.69) is 29.4 Å². The molecule has 3 N–H and O–H groups in total. The second-order valence-electron chi connectivity index (χ2n) is 6.85. The Labute approximate surface area is 169 Å². The van der Waals surface area contributed by atoms with E-state index in [9.17, 15) is 18.1 Å². The quantitative estimate of drug-likeness (QED) is 0.369. The lowest BCUT2D eigenvalue weighted by molar-refractivity contribution is 0.477. The molecule has 3 aromatic rings. The lowest BCUT2D eigenvalue weighted by atomic mass is 10.1. The predicted octanol–water partition coefficient (Wildman–Crippen LogP) is 5.10. The fourth-order valence-electron chi connectivity index (χ4n) is 2.77. The Morgan fingerprint density at radius 2 is 1.76 bits per heavy atom. The van der Waals surface area contributed by atoms with Crippen LogP contribution in [0.4, 0.5) is 11.4 Å². The first-order valence-corrected chi connectivity index (χ1v) is 10.7. The van der Waals surface area contributed by atoms with Crippen molar-refractivity contribution in [3.05, 3.63) is 60.2 Å². The van der Waals surface area contributed by atoms with E-state index in [4.69, 9.17) is 0 Å². The molecule has 0 bridgehead atoms. The van der Waals surface area contributed by atoms with E-state index in [0.29, 0.717) is 22.5 Å². The smallest absolute Gasteiger partial charge is 0.294 e. The molecule has 3 rings (SSSR count). The van der Waals surface area contributed by atoms with Crippen molar-refractivity contribution in [3.8, 4) is 5.75 Å². The van der Waals surface area contributed by atoms with E-state index in [1.807, 2.05) is 24.3 Å². The zero-order chi connectivity index (χ0) is 21.0. The summed E-state index contributed by atoms with van der Waals surface area (Å²) in [6.45, 7) is 5.04. The van der Waals surface area contributed by atoms with Gasteiger partial charge in [0.1, 0.15) is 11.4 Å². The zero-order valence-corrected chi connectivity index (χ0v) is 17.0. The largest absolute Gasteiger partial charge is 0.506 e. The first-order chi connectivity index (χ1) is 13.8. The first-order valence-electron chi connectivity index (χ1n) is 9.25. The minimum Gasteiger partial charge on any atom is -0.506 e. The summed E-state index contributed by atoms with van der Waals surface area (Å²) in [5.41, 5.74) is 1.99.